The molecule has 2 aromatic rings. The Balaban J connectivity index is 2.20. The second-order valence-corrected chi connectivity index (χ2v) is 4.65. The highest BCUT2D eigenvalue weighted by Crippen LogP contribution is 2.35. The zero-order chi connectivity index (χ0) is 11.1. The minimum absolute atomic E-state index is 0.592. The van der Waals surface area contributed by atoms with Crippen LogP contribution in [0.2, 0.25) is 0 Å². The van der Waals surface area contributed by atoms with Gasteiger partial charge in [0.2, 0.25) is 0 Å². The van der Waals surface area contributed by atoms with Crippen molar-refractivity contribution in [3.05, 3.63) is 23.0 Å². The molecule has 3 nitrogen and oxygen atoms in total. The van der Waals surface area contributed by atoms with Crippen molar-refractivity contribution < 1.29 is 4.74 Å². The highest BCUT2D eigenvalue weighted by molar-refractivity contribution is 7.71. The number of imidazole rings is 1. The topological polar surface area (TPSA) is 29.9 Å². The van der Waals surface area contributed by atoms with Crippen LogP contribution in [-0.4, -0.2) is 16.7 Å². The van der Waals surface area contributed by atoms with Crippen LogP contribution in [0.3, 0.4) is 0 Å². The van der Waals surface area contributed by atoms with Crippen molar-refractivity contribution in [3.63, 3.8) is 0 Å². The molecular formula is C12H14N2OS. The Labute approximate surface area is 99.0 Å². The highest BCUT2D eigenvalue weighted by Gasteiger charge is 2.22. The number of fused-ring (bicyclic) bond motifs is 1. The number of hydrogen-bond acceptors (Lipinski definition) is 2. The van der Waals surface area contributed by atoms with Crippen LogP contribution in [0, 0.1) is 4.77 Å². The average molecular weight is 234 g/mol. The summed E-state index contributed by atoms with van der Waals surface area (Å²) >= 11 is 5.38. The first kappa shape index (κ1) is 9.90. The number of ether oxygens (including phenoxy) is 1. The van der Waals surface area contributed by atoms with Gasteiger partial charge in [0.25, 0.3) is 0 Å². The second kappa shape index (κ2) is 3.63. The SMILES string of the molecule is COc1ccc2c(c1)[nH]c(=S)n2C1CCC1. The van der Waals surface area contributed by atoms with E-state index in [-0.39, 0.29) is 0 Å². The van der Waals surface area contributed by atoms with Crippen molar-refractivity contribution in [2.75, 3.05) is 7.11 Å². The predicted octanol–water partition coefficient (Wildman–Crippen LogP) is 3.43. The lowest BCUT2D eigenvalue weighted by molar-refractivity contribution is 0.318. The standard InChI is InChI=1S/C12H14N2OS/c1-15-9-5-6-11-10(7-9)13-12(16)14(11)8-3-2-4-8/h5-8H,2-4H2,1H3,(H,13,16). The van der Waals surface area contributed by atoms with Crippen LogP contribution >= 0.6 is 12.2 Å². The van der Waals surface area contributed by atoms with Crippen molar-refractivity contribution in [1.82, 2.24) is 9.55 Å². The molecule has 1 aromatic heterocycles. The van der Waals surface area contributed by atoms with Gasteiger partial charge in [0, 0.05) is 12.1 Å². The average Bonchev–Trinajstić information content (AvgIpc) is 2.53. The molecule has 0 saturated heterocycles. The van der Waals surface area contributed by atoms with Gasteiger partial charge >= 0.3 is 0 Å². The van der Waals surface area contributed by atoms with Gasteiger partial charge in [-0.2, -0.15) is 0 Å². The molecule has 0 radical (unpaired) electrons. The van der Waals surface area contributed by atoms with E-state index in [1.54, 1.807) is 7.11 Å². The summed E-state index contributed by atoms with van der Waals surface area (Å²) in [6.07, 6.45) is 3.80. The maximum Gasteiger partial charge on any atom is 0.178 e. The van der Waals surface area contributed by atoms with E-state index in [1.165, 1.54) is 24.8 Å². The Morgan fingerprint density at radius 3 is 2.88 bits per heavy atom. The van der Waals surface area contributed by atoms with E-state index in [0.29, 0.717) is 6.04 Å². The van der Waals surface area contributed by atoms with E-state index in [2.05, 4.69) is 15.6 Å². The molecule has 1 heterocycles. The first-order chi connectivity index (χ1) is 7.79. The number of aromatic nitrogens is 2. The number of benzene rings is 1. The van der Waals surface area contributed by atoms with Gasteiger partial charge in [-0.1, -0.05) is 0 Å². The molecule has 84 valence electrons. The number of nitrogens with one attached hydrogen (secondary N) is 1. The van der Waals surface area contributed by atoms with E-state index in [4.69, 9.17) is 17.0 Å². The molecule has 4 heteroatoms. The van der Waals surface area contributed by atoms with E-state index in [0.717, 1.165) is 16.0 Å². The van der Waals surface area contributed by atoms with Crippen LogP contribution in [0.25, 0.3) is 11.0 Å². The molecular weight excluding hydrogens is 220 g/mol. The highest BCUT2D eigenvalue weighted by atomic mass is 32.1. The molecule has 0 unspecified atom stereocenters. The maximum absolute atomic E-state index is 5.38. The fourth-order valence-electron chi connectivity index (χ4n) is 2.24. The van der Waals surface area contributed by atoms with Crippen LogP contribution in [0.15, 0.2) is 18.2 Å². The molecule has 0 aliphatic heterocycles. The lowest BCUT2D eigenvalue weighted by Crippen LogP contribution is -2.16. The minimum Gasteiger partial charge on any atom is -0.497 e. The Kier molecular flexibility index (Phi) is 2.24. The Hall–Kier alpha value is -1.29. The zero-order valence-corrected chi connectivity index (χ0v) is 10.0. The molecule has 1 aromatic carbocycles. The summed E-state index contributed by atoms with van der Waals surface area (Å²) in [5.74, 6) is 0.865. The van der Waals surface area contributed by atoms with Crippen LogP contribution < -0.4 is 4.74 Å². The van der Waals surface area contributed by atoms with Gasteiger partial charge < -0.3 is 14.3 Å². The van der Waals surface area contributed by atoms with Gasteiger partial charge in [-0.25, -0.2) is 0 Å². The third kappa shape index (κ3) is 1.37. The number of H-pyrrole nitrogens is 1. The van der Waals surface area contributed by atoms with E-state index >= 15 is 0 Å². The van der Waals surface area contributed by atoms with Crippen LogP contribution in [0.4, 0.5) is 0 Å². The lowest BCUT2D eigenvalue weighted by atomic mass is 9.93. The van der Waals surface area contributed by atoms with Crippen molar-refractivity contribution >= 4 is 23.3 Å². The predicted molar refractivity (Wildman–Crippen MR) is 66.6 cm³/mol. The fraction of sp³-hybridized carbons (Fsp3) is 0.417. The normalized spacial score (nSPS) is 16.3. The summed E-state index contributed by atoms with van der Waals surface area (Å²) < 4.78 is 8.28. The smallest absolute Gasteiger partial charge is 0.178 e. The molecule has 3 rings (SSSR count). The summed E-state index contributed by atoms with van der Waals surface area (Å²) in [5.41, 5.74) is 2.26. The Bertz CT molecular complexity index is 580. The third-order valence-electron chi connectivity index (χ3n) is 3.36. The second-order valence-electron chi connectivity index (χ2n) is 4.27. The summed E-state index contributed by atoms with van der Waals surface area (Å²) in [7, 11) is 1.68. The summed E-state index contributed by atoms with van der Waals surface area (Å²) in [4.78, 5) is 3.25. The molecule has 0 atom stereocenters. The fourth-order valence-corrected chi connectivity index (χ4v) is 2.60. The Morgan fingerprint density at radius 1 is 1.44 bits per heavy atom. The van der Waals surface area contributed by atoms with Crippen molar-refractivity contribution in [2.45, 2.75) is 25.3 Å². The van der Waals surface area contributed by atoms with E-state index in [9.17, 15) is 0 Å². The molecule has 0 bridgehead atoms. The first-order valence-corrected chi connectivity index (χ1v) is 5.98. The summed E-state index contributed by atoms with van der Waals surface area (Å²) in [6.45, 7) is 0. The number of rotatable bonds is 2. The molecule has 0 spiro atoms. The van der Waals surface area contributed by atoms with Crippen molar-refractivity contribution in [3.8, 4) is 5.75 Å². The van der Waals surface area contributed by atoms with E-state index in [1.807, 2.05) is 12.1 Å². The van der Waals surface area contributed by atoms with Crippen molar-refractivity contribution in [1.29, 1.82) is 0 Å². The Morgan fingerprint density at radius 2 is 2.25 bits per heavy atom. The zero-order valence-electron chi connectivity index (χ0n) is 9.19. The number of methoxy groups -OCH3 is 1. The maximum atomic E-state index is 5.38. The molecule has 1 fully saturated rings. The van der Waals surface area contributed by atoms with Gasteiger partial charge in [-0.05, 0) is 43.6 Å². The minimum atomic E-state index is 0.592. The van der Waals surface area contributed by atoms with Crippen LogP contribution in [0.1, 0.15) is 25.3 Å². The van der Waals surface area contributed by atoms with Crippen molar-refractivity contribution in [2.24, 2.45) is 0 Å². The number of aromatic amines is 1. The van der Waals surface area contributed by atoms with Crippen LogP contribution in [0.5, 0.6) is 5.75 Å². The van der Waals surface area contributed by atoms with Gasteiger partial charge in [0.05, 0.1) is 18.1 Å². The molecule has 0 amide bonds. The number of nitrogens with zero attached hydrogens (tertiary/aromatic N) is 1. The quantitative estimate of drug-likeness (QED) is 0.807. The van der Waals surface area contributed by atoms with E-state index < -0.39 is 0 Å². The van der Waals surface area contributed by atoms with Gasteiger partial charge in [0.1, 0.15) is 5.75 Å². The summed E-state index contributed by atoms with van der Waals surface area (Å²) in [5, 5.41) is 0. The monoisotopic (exact) mass is 234 g/mol. The summed E-state index contributed by atoms with van der Waals surface area (Å²) in [6, 6.07) is 6.66. The van der Waals surface area contributed by atoms with Gasteiger partial charge in [0.15, 0.2) is 4.77 Å². The van der Waals surface area contributed by atoms with Gasteiger partial charge in [-0.3, -0.25) is 0 Å². The largest absolute Gasteiger partial charge is 0.497 e. The molecule has 1 saturated carbocycles. The first-order valence-electron chi connectivity index (χ1n) is 5.58. The van der Waals surface area contributed by atoms with Gasteiger partial charge in [-0.15, -0.1) is 0 Å². The lowest BCUT2D eigenvalue weighted by Gasteiger charge is -2.27. The third-order valence-corrected chi connectivity index (χ3v) is 3.66. The molecule has 1 aliphatic rings. The molecule has 1 aliphatic carbocycles. The number of hydrogen-bond donors (Lipinski definition) is 1. The van der Waals surface area contributed by atoms with Crippen LogP contribution in [-0.2, 0) is 0 Å². The molecule has 16 heavy (non-hydrogen) atoms. The molecule has 1 N–H and O–H groups in total.